The Balaban J connectivity index is 1.85. The molecule has 32 heavy (non-hydrogen) atoms. The fourth-order valence-corrected chi connectivity index (χ4v) is 4.04. The minimum absolute atomic E-state index is 0.116. The van der Waals surface area contributed by atoms with E-state index in [1.807, 2.05) is 70.2 Å². The van der Waals surface area contributed by atoms with E-state index < -0.39 is 5.60 Å². The van der Waals surface area contributed by atoms with Crippen LogP contribution in [-0.2, 0) is 4.74 Å². The number of carbonyl (C=O) groups is 1. The van der Waals surface area contributed by atoms with Gasteiger partial charge in [-0.25, -0.2) is 4.79 Å². The van der Waals surface area contributed by atoms with Gasteiger partial charge in [-0.1, -0.05) is 31.2 Å². The summed E-state index contributed by atoms with van der Waals surface area (Å²) in [6.07, 6.45) is 0.581. The Morgan fingerprint density at radius 2 is 1.91 bits per heavy atom. The van der Waals surface area contributed by atoms with Crippen LogP contribution < -0.4 is 9.64 Å². The number of ether oxygens (including phenoxy) is 2. The van der Waals surface area contributed by atoms with Gasteiger partial charge in [0.1, 0.15) is 17.4 Å². The van der Waals surface area contributed by atoms with Gasteiger partial charge < -0.3 is 19.3 Å². The standard InChI is InChI=1S/C26H33N3O3/c1-6-21-18-28(25(30)32-26(3,4)5)14-15-29(21)23-13-12-19(16-20(23)17-27)22-10-8-9-11-24(22)31-7-2/h8-13,16,21H,6-7,14-15,18H2,1-5H3/t21-/m1/s1. The second-order valence-electron chi connectivity index (χ2n) is 8.95. The van der Waals surface area contributed by atoms with E-state index in [4.69, 9.17) is 9.47 Å². The van der Waals surface area contributed by atoms with Crippen molar-refractivity contribution in [2.45, 2.75) is 52.7 Å². The zero-order valence-corrected chi connectivity index (χ0v) is 19.7. The molecular formula is C26H33N3O3. The highest BCUT2D eigenvalue weighted by molar-refractivity contribution is 5.76. The molecule has 1 atom stereocenters. The lowest BCUT2D eigenvalue weighted by Gasteiger charge is -2.43. The highest BCUT2D eigenvalue weighted by Gasteiger charge is 2.32. The number of piperazine rings is 1. The molecule has 3 rings (SSSR count). The normalized spacial score (nSPS) is 16.4. The van der Waals surface area contributed by atoms with Gasteiger partial charge in [0.2, 0.25) is 0 Å². The molecule has 0 unspecified atom stereocenters. The van der Waals surface area contributed by atoms with Crippen LogP contribution in [0.2, 0.25) is 0 Å². The van der Waals surface area contributed by atoms with Crippen LogP contribution in [0.25, 0.3) is 11.1 Å². The molecule has 1 saturated heterocycles. The van der Waals surface area contributed by atoms with Crippen molar-refractivity contribution in [3.05, 3.63) is 48.0 Å². The minimum Gasteiger partial charge on any atom is -0.493 e. The lowest BCUT2D eigenvalue weighted by molar-refractivity contribution is 0.0213. The van der Waals surface area contributed by atoms with E-state index in [9.17, 15) is 10.1 Å². The number of anilines is 1. The third-order valence-electron chi connectivity index (χ3n) is 5.53. The second kappa shape index (κ2) is 9.95. The maximum absolute atomic E-state index is 12.5. The number of hydrogen-bond acceptors (Lipinski definition) is 5. The van der Waals surface area contributed by atoms with Crippen LogP contribution in [0.15, 0.2) is 42.5 Å². The topological polar surface area (TPSA) is 65.8 Å². The lowest BCUT2D eigenvalue weighted by Crippen LogP contribution is -2.55. The Morgan fingerprint density at radius 3 is 2.56 bits per heavy atom. The molecule has 2 aromatic carbocycles. The number of para-hydroxylation sites is 1. The molecule has 6 heteroatoms. The third kappa shape index (κ3) is 5.34. The van der Waals surface area contributed by atoms with Crippen LogP contribution in [0, 0.1) is 11.3 Å². The van der Waals surface area contributed by atoms with E-state index in [0.717, 1.165) is 29.0 Å². The van der Waals surface area contributed by atoms with Gasteiger partial charge in [-0.3, -0.25) is 0 Å². The molecule has 170 valence electrons. The Bertz CT molecular complexity index is 991. The average Bonchev–Trinajstić information content (AvgIpc) is 2.77. The quantitative estimate of drug-likeness (QED) is 0.624. The molecule has 0 bridgehead atoms. The Kier molecular flexibility index (Phi) is 7.29. The second-order valence-corrected chi connectivity index (χ2v) is 8.95. The molecule has 0 N–H and O–H groups in total. The molecule has 1 amide bonds. The number of carbonyl (C=O) groups excluding carboxylic acids is 1. The van der Waals surface area contributed by atoms with Crippen molar-refractivity contribution in [3.63, 3.8) is 0 Å². The molecule has 1 fully saturated rings. The molecule has 0 aromatic heterocycles. The fourth-order valence-electron chi connectivity index (χ4n) is 4.04. The van der Waals surface area contributed by atoms with E-state index >= 15 is 0 Å². The number of benzene rings is 2. The van der Waals surface area contributed by atoms with Crippen molar-refractivity contribution < 1.29 is 14.3 Å². The molecule has 6 nitrogen and oxygen atoms in total. The molecule has 1 aliphatic rings. The first kappa shape index (κ1) is 23.5. The van der Waals surface area contributed by atoms with E-state index in [1.165, 1.54) is 0 Å². The first-order valence-electron chi connectivity index (χ1n) is 11.3. The smallest absolute Gasteiger partial charge is 0.410 e. The summed E-state index contributed by atoms with van der Waals surface area (Å²) < 4.78 is 11.3. The van der Waals surface area contributed by atoms with Crippen molar-refractivity contribution in [3.8, 4) is 22.9 Å². The van der Waals surface area contributed by atoms with Gasteiger partial charge in [0.05, 0.1) is 17.9 Å². The van der Waals surface area contributed by atoms with E-state index in [1.54, 1.807) is 4.90 Å². The van der Waals surface area contributed by atoms with Gasteiger partial charge in [-0.2, -0.15) is 5.26 Å². The Hall–Kier alpha value is -3.20. The van der Waals surface area contributed by atoms with Crippen LogP contribution in [-0.4, -0.2) is 48.9 Å². The summed E-state index contributed by atoms with van der Waals surface area (Å²) in [5.74, 6) is 0.809. The van der Waals surface area contributed by atoms with Crippen LogP contribution in [0.5, 0.6) is 5.75 Å². The zero-order valence-electron chi connectivity index (χ0n) is 19.7. The van der Waals surface area contributed by atoms with Crippen molar-refractivity contribution in [1.82, 2.24) is 4.90 Å². The zero-order chi connectivity index (χ0) is 23.3. The summed E-state index contributed by atoms with van der Waals surface area (Å²) in [5.41, 5.74) is 2.94. The Labute approximate surface area is 191 Å². The highest BCUT2D eigenvalue weighted by atomic mass is 16.6. The molecular weight excluding hydrogens is 402 g/mol. The average molecular weight is 436 g/mol. The first-order valence-corrected chi connectivity index (χ1v) is 11.3. The van der Waals surface area contributed by atoms with Crippen molar-refractivity contribution in [2.75, 3.05) is 31.1 Å². The van der Waals surface area contributed by atoms with Gasteiger partial charge in [0.25, 0.3) is 0 Å². The summed E-state index contributed by atoms with van der Waals surface area (Å²) in [6, 6.07) is 16.4. The summed E-state index contributed by atoms with van der Waals surface area (Å²) >= 11 is 0. The van der Waals surface area contributed by atoms with Crippen LogP contribution in [0.1, 0.15) is 46.6 Å². The van der Waals surface area contributed by atoms with Gasteiger partial charge in [0.15, 0.2) is 0 Å². The van der Waals surface area contributed by atoms with Gasteiger partial charge in [-0.15, -0.1) is 0 Å². The fraction of sp³-hybridized carbons (Fsp3) is 0.462. The molecule has 0 radical (unpaired) electrons. The molecule has 0 spiro atoms. The summed E-state index contributed by atoms with van der Waals surface area (Å²) in [5, 5.41) is 9.93. The van der Waals surface area contributed by atoms with Crippen LogP contribution in [0.3, 0.4) is 0 Å². The molecule has 2 aromatic rings. The SMILES string of the molecule is CCOc1ccccc1-c1ccc(N2CCN(C(=O)OC(C)(C)C)C[C@H]2CC)c(C#N)c1. The minimum atomic E-state index is -0.516. The van der Waals surface area contributed by atoms with E-state index in [2.05, 4.69) is 17.9 Å². The number of rotatable bonds is 5. The number of nitrogens with zero attached hydrogens (tertiary/aromatic N) is 3. The van der Waals surface area contributed by atoms with E-state index in [-0.39, 0.29) is 12.1 Å². The van der Waals surface area contributed by atoms with Crippen LogP contribution >= 0.6 is 0 Å². The van der Waals surface area contributed by atoms with Crippen molar-refractivity contribution in [1.29, 1.82) is 5.26 Å². The first-order chi connectivity index (χ1) is 15.3. The van der Waals surface area contributed by atoms with Crippen LogP contribution in [0.4, 0.5) is 10.5 Å². The number of hydrogen-bond donors (Lipinski definition) is 0. The summed E-state index contributed by atoms with van der Waals surface area (Å²) in [4.78, 5) is 16.6. The predicted octanol–water partition coefficient (Wildman–Crippen LogP) is 5.46. The maximum Gasteiger partial charge on any atom is 0.410 e. The molecule has 1 aliphatic heterocycles. The van der Waals surface area contributed by atoms with E-state index in [0.29, 0.717) is 31.8 Å². The lowest BCUT2D eigenvalue weighted by atomic mass is 9.99. The number of amides is 1. The van der Waals surface area contributed by atoms with Gasteiger partial charge in [-0.05, 0) is 57.9 Å². The molecule has 1 heterocycles. The predicted molar refractivity (Wildman–Crippen MR) is 127 cm³/mol. The monoisotopic (exact) mass is 435 g/mol. The highest BCUT2D eigenvalue weighted by Crippen LogP contribution is 2.34. The Morgan fingerprint density at radius 1 is 1.16 bits per heavy atom. The molecule has 0 saturated carbocycles. The molecule has 0 aliphatic carbocycles. The summed E-state index contributed by atoms with van der Waals surface area (Å²) in [6.45, 7) is 12.1. The van der Waals surface area contributed by atoms with Crippen molar-refractivity contribution >= 4 is 11.8 Å². The van der Waals surface area contributed by atoms with Gasteiger partial charge >= 0.3 is 6.09 Å². The van der Waals surface area contributed by atoms with Crippen molar-refractivity contribution in [2.24, 2.45) is 0 Å². The number of nitriles is 1. The largest absolute Gasteiger partial charge is 0.493 e. The third-order valence-corrected chi connectivity index (χ3v) is 5.53. The summed E-state index contributed by atoms with van der Waals surface area (Å²) in [7, 11) is 0. The maximum atomic E-state index is 12.5. The van der Waals surface area contributed by atoms with Gasteiger partial charge in [0, 0.05) is 31.2 Å².